The number of nitrogens with zero attached hydrogens (tertiary/aromatic N) is 1. The second-order valence-corrected chi connectivity index (χ2v) is 8.84. The fourth-order valence-corrected chi connectivity index (χ4v) is 4.82. The average Bonchev–Trinajstić information content (AvgIpc) is 3.10. The highest BCUT2D eigenvalue weighted by atomic mass is 79.9. The lowest BCUT2D eigenvalue weighted by Crippen LogP contribution is -2.27. The Balaban J connectivity index is 1.58. The van der Waals surface area contributed by atoms with Crippen LogP contribution in [-0.2, 0) is 4.79 Å². The number of hydrogen-bond acceptors (Lipinski definition) is 3. The van der Waals surface area contributed by atoms with Gasteiger partial charge >= 0.3 is 0 Å². The predicted molar refractivity (Wildman–Crippen MR) is 122 cm³/mol. The lowest BCUT2D eigenvalue weighted by molar-refractivity contribution is -0.115. The Morgan fingerprint density at radius 1 is 1.07 bits per heavy atom. The van der Waals surface area contributed by atoms with Gasteiger partial charge in [0.05, 0.1) is 5.75 Å². The van der Waals surface area contributed by atoms with E-state index < -0.39 is 0 Å². The summed E-state index contributed by atoms with van der Waals surface area (Å²) >= 11 is 4.98. The summed E-state index contributed by atoms with van der Waals surface area (Å²) < 4.78 is 0.855. The van der Waals surface area contributed by atoms with Gasteiger partial charge in [-0.25, -0.2) is 0 Å². The molecular weight excluding hydrogens is 448 g/mol. The topological polar surface area (TPSA) is 49.4 Å². The quantitative estimate of drug-likeness (QED) is 0.529. The van der Waals surface area contributed by atoms with Crippen molar-refractivity contribution in [1.29, 1.82) is 0 Å². The number of thioether (sulfide) groups is 1. The summed E-state index contributed by atoms with van der Waals surface area (Å²) in [5, 5.41) is 2.83. The average molecular weight is 467 g/mol. The van der Waals surface area contributed by atoms with E-state index in [1.807, 2.05) is 72.5 Å². The normalized spacial score (nSPS) is 16.1. The van der Waals surface area contributed by atoms with Gasteiger partial charge in [0.1, 0.15) is 5.37 Å². The van der Waals surface area contributed by atoms with Crippen LogP contribution in [0.4, 0.5) is 11.4 Å². The molecule has 3 aromatic rings. The summed E-state index contributed by atoms with van der Waals surface area (Å²) in [5.41, 5.74) is 4.31. The molecule has 29 heavy (non-hydrogen) atoms. The Kier molecular flexibility index (Phi) is 5.74. The van der Waals surface area contributed by atoms with Crippen LogP contribution in [0.15, 0.2) is 77.3 Å². The van der Waals surface area contributed by atoms with E-state index in [1.165, 1.54) is 0 Å². The number of aryl methyl sites for hydroxylation is 1. The standard InChI is InChI=1S/C23H19BrN2O2S/c1-15-8-10-20(11-9-15)26-21(27)14-29-23(26)17-5-3-7-19(13-17)25-22(28)16-4-2-6-18(24)12-16/h2-13,23H,14H2,1H3,(H,25,28)/t23-/m0/s1. The maximum atomic E-state index is 12.6. The van der Waals surface area contributed by atoms with Crippen LogP contribution in [0.25, 0.3) is 0 Å². The van der Waals surface area contributed by atoms with Crippen LogP contribution in [0.5, 0.6) is 0 Å². The third-order valence-corrected chi connectivity index (χ3v) is 6.40. The van der Waals surface area contributed by atoms with E-state index in [1.54, 1.807) is 23.9 Å². The Bertz CT molecular complexity index is 1070. The number of amides is 2. The third-order valence-electron chi connectivity index (χ3n) is 4.70. The summed E-state index contributed by atoms with van der Waals surface area (Å²) in [7, 11) is 0. The molecule has 1 atom stereocenters. The van der Waals surface area contributed by atoms with Crippen LogP contribution >= 0.6 is 27.7 Å². The molecule has 146 valence electrons. The van der Waals surface area contributed by atoms with Gasteiger partial charge < -0.3 is 5.32 Å². The molecule has 1 aliphatic heterocycles. The summed E-state index contributed by atoms with van der Waals surface area (Å²) in [5.74, 6) is 0.356. The maximum Gasteiger partial charge on any atom is 0.255 e. The molecule has 0 unspecified atom stereocenters. The number of carbonyl (C=O) groups excluding carboxylic acids is 2. The zero-order valence-corrected chi connectivity index (χ0v) is 18.2. The summed E-state index contributed by atoms with van der Waals surface area (Å²) in [4.78, 5) is 27.0. The van der Waals surface area contributed by atoms with Crippen LogP contribution < -0.4 is 10.2 Å². The minimum atomic E-state index is -0.172. The molecule has 1 saturated heterocycles. The fraction of sp³-hybridized carbons (Fsp3) is 0.130. The van der Waals surface area contributed by atoms with Crippen LogP contribution in [-0.4, -0.2) is 17.6 Å². The van der Waals surface area contributed by atoms with Crippen molar-refractivity contribution in [3.05, 3.63) is 94.0 Å². The first-order valence-electron chi connectivity index (χ1n) is 9.18. The molecule has 1 aliphatic rings. The second-order valence-electron chi connectivity index (χ2n) is 6.85. The van der Waals surface area contributed by atoms with E-state index in [4.69, 9.17) is 0 Å². The Labute approximate surface area is 182 Å². The molecule has 0 radical (unpaired) electrons. The minimum Gasteiger partial charge on any atom is -0.322 e. The molecule has 0 spiro atoms. The van der Waals surface area contributed by atoms with Gasteiger partial charge in [-0.15, -0.1) is 11.8 Å². The maximum absolute atomic E-state index is 12.6. The van der Waals surface area contributed by atoms with Crippen LogP contribution in [0, 0.1) is 6.92 Å². The van der Waals surface area contributed by atoms with Gasteiger partial charge in [0.25, 0.3) is 5.91 Å². The molecule has 6 heteroatoms. The molecule has 1 fully saturated rings. The molecule has 2 amide bonds. The van der Waals surface area contributed by atoms with Gasteiger partial charge in [0, 0.05) is 21.4 Å². The van der Waals surface area contributed by atoms with Crippen LogP contribution in [0.2, 0.25) is 0 Å². The van der Waals surface area contributed by atoms with Gasteiger partial charge in [0.15, 0.2) is 0 Å². The fourth-order valence-electron chi connectivity index (χ4n) is 3.26. The first-order chi connectivity index (χ1) is 14.0. The van der Waals surface area contributed by atoms with E-state index in [-0.39, 0.29) is 17.2 Å². The van der Waals surface area contributed by atoms with Crippen molar-refractivity contribution >= 4 is 50.9 Å². The van der Waals surface area contributed by atoms with Crippen LogP contribution in [0.3, 0.4) is 0 Å². The Morgan fingerprint density at radius 2 is 1.83 bits per heavy atom. The van der Waals surface area contributed by atoms with Gasteiger partial charge in [-0.1, -0.05) is 51.8 Å². The van der Waals surface area contributed by atoms with Crippen molar-refractivity contribution in [3.63, 3.8) is 0 Å². The Hall–Kier alpha value is -2.57. The van der Waals surface area contributed by atoms with Gasteiger partial charge in [-0.2, -0.15) is 0 Å². The SMILES string of the molecule is Cc1ccc(N2C(=O)CS[C@H]2c2cccc(NC(=O)c3cccc(Br)c3)c2)cc1. The van der Waals surface area contributed by atoms with E-state index in [0.717, 1.165) is 21.3 Å². The first kappa shape index (κ1) is 19.7. The van der Waals surface area contributed by atoms with Crippen molar-refractivity contribution in [2.75, 3.05) is 16.0 Å². The third kappa shape index (κ3) is 4.38. The monoisotopic (exact) mass is 466 g/mol. The highest BCUT2D eigenvalue weighted by Crippen LogP contribution is 2.42. The van der Waals surface area contributed by atoms with E-state index in [9.17, 15) is 9.59 Å². The number of carbonyl (C=O) groups is 2. The van der Waals surface area contributed by atoms with Gasteiger partial charge in [-0.3, -0.25) is 14.5 Å². The van der Waals surface area contributed by atoms with Crippen LogP contribution in [0.1, 0.15) is 26.9 Å². The van der Waals surface area contributed by atoms with E-state index in [2.05, 4.69) is 21.2 Å². The molecule has 0 aliphatic carbocycles. The molecule has 0 aromatic heterocycles. The van der Waals surface area contributed by atoms with Gasteiger partial charge in [-0.05, 0) is 55.0 Å². The van der Waals surface area contributed by atoms with Crippen molar-refractivity contribution in [2.45, 2.75) is 12.3 Å². The summed E-state index contributed by atoms with van der Waals surface area (Å²) in [6.07, 6.45) is 0. The lowest BCUT2D eigenvalue weighted by Gasteiger charge is -2.25. The molecule has 1 N–H and O–H groups in total. The largest absolute Gasteiger partial charge is 0.322 e. The highest BCUT2D eigenvalue weighted by molar-refractivity contribution is 9.10. The van der Waals surface area contributed by atoms with Crippen molar-refractivity contribution < 1.29 is 9.59 Å². The molecule has 3 aromatic carbocycles. The molecule has 4 rings (SSSR count). The lowest BCUT2D eigenvalue weighted by atomic mass is 10.1. The first-order valence-corrected chi connectivity index (χ1v) is 11.0. The van der Waals surface area contributed by atoms with E-state index in [0.29, 0.717) is 17.0 Å². The van der Waals surface area contributed by atoms with Crippen molar-refractivity contribution in [1.82, 2.24) is 0 Å². The molecular formula is C23H19BrN2O2S. The number of nitrogens with one attached hydrogen (secondary N) is 1. The smallest absolute Gasteiger partial charge is 0.255 e. The van der Waals surface area contributed by atoms with E-state index >= 15 is 0 Å². The molecule has 0 saturated carbocycles. The van der Waals surface area contributed by atoms with Crippen molar-refractivity contribution in [2.24, 2.45) is 0 Å². The van der Waals surface area contributed by atoms with Gasteiger partial charge in [0.2, 0.25) is 5.91 Å². The molecule has 4 nitrogen and oxygen atoms in total. The zero-order chi connectivity index (χ0) is 20.4. The number of benzene rings is 3. The number of halogens is 1. The molecule has 0 bridgehead atoms. The Morgan fingerprint density at radius 3 is 2.59 bits per heavy atom. The minimum absolute atomic E-state index is 0.0902. The second kappa shape index (κ2) is 8.43. The summed E-state index contributed by atoms with van der Waals surface area (Å²) in [6.45, 7) is 2.03. The number of rotatable bonds is 4. The summed E-state index contributed by atoms with van der Waals surface area (Å²) in [6, 6.07) is 22.9. The predicted octanol–water partition coefficient (Wildman–Crippen LogP) is 5.79. The highest BCUT2D eigenvalue weighted by Gasteiger charge is 2.34. The number of anilines is 2. The number of hydrogen-bond donors (Lipinski definition) is 1. The van der Waals surface area contributed by atoms with Crippen molar-refractivity contribution in [3.8, 4) is 0 Å². The molecule has 1 heterocycles. The zero-order valence-electron chi connectivity index (χ0n) is 15.8.